The normalized spacial score (nSPS) is 16.8. The third-order valence-corrected chi connectivity index (χ3v) is 3.32. The van der Waals surface area contributed by atoms with Crippen LogP contribution in [0, 0.1) is 11.3 Å². The van der Waals surface area contributed by atoms with E-state index in [1.165, 1.54) is 0 Å². The fourth-order valence-corrected chi connectivity index (χ4v) is 2.22. The van der Waals surface area contributed by atoms with Gasteiger partial charge in [-0.25, -0.2) is 0 Å². The van der Waals surface area contributed by atoms with E-state index < -0.39 is 4.84 Å². The fraction of sp³-hybridized carbons (Fsp3) is 0.545. The SMILES string of the molecule is N#C/C(=C(/O)C(Cl)Cl)c1nnc2n1CCCCC2. The summed E-state index contributed by atoms with van der Waals surface area (Å²) in [5.41, 5.74) is -0.00866. The molecule has 0 saturated heterocycles. The van der Waals surface area contributed by atoms with Gasteiger partial charge in [-0.05, 0) is 12.8 Å². The smallest absolute Gasteiger partial charge is 0.178 e. The number of alkyl halides is 2. The largest absolute Gasteiger partial charge is 0.508 e. The average Bonchev–Trinajstić information content (AvgIpc) is 2.60. The van der Waals surface area contributed by atoms with Crippen LogP contribution in [0.3, 0.4) is 0 Å². The van der Waals surface area contributed by atoms with Crippen LogP contribution in [0.4, 0.5) is 0 Å². The molecule has 0 unspecified atom stereocenters. The van der Waals surface area contributed by atoms with Gasteiger partial charge in [0.25, 0.3) is 0 Å². The molecule has 1 aliphatic heterocycles. The summed E-state index contributed by atoms with van der Waals surface area (Å²) in [5.74, 6) is 0.808. The molecule has 0 fully saturated rings. The number of hydrogen-bond acceptors (Lipinski definition) is 4. The lowest BCUT2D eigenvalue weighted by Crippen LogP contribution is -2.08. The fourth-order valence-electron chi connectivity index (χ4n) is 2.00. The minimum atomic E-state index is -1.14. The number of fused-ring (bicyclic) bond motifs is 1. The second kappa shape index (κ2) is 5.59. The Labute approximate surface area is 115 Å². The molecular formula is C11H12Cl2N4O. The van der Waals surface area contributed by atoms with Crippen molar-refractivity contribution in [2.45, 2.75) is 37.1 Å². The Bertz CT molecular complexity index is 516. The summed E-state index contributed by atoms with van der Waals surface area (Å²) in [6.45, 7) is 0.741. The Morgan fingerprint density at radius 2 is 2.11 bits per heavy atom. The highest BCUT2D eigenvalue weighted by Gasteiger charge is 2.22. The number of allylic oxidation sites excluding steroid dienone is 2. The van der Waals surface area contributed by atoms with E-state index in [-0.39, 0.29) is 11.3 Å². The van der Waals surface area contributed by atoms with Gasteiger partial charge in [0.1, 0.15) is 23.2 Å². The topological polar surface area (TPSA) is 74.7 Å². The monoisotopic (exact) mass is 286 g/mol. The summed E-state index contributed by atoms with van der Waals surface area (Å²) in [6, 6.07) is 1.89. The van der Waals surface area contributed by atoms with Crippen LogP contribution in [0.1, 0.15) is 30.9 Å². The van der Waals surface area contributed by atoms with Crippen molar-refractivity contribution in [1.29, 1.82) is 5.26 Å². The second-order valence-corrected chi connectivity index (χ2v) is 5.17. The van der Waals surface area contributed by atoms with Crippen molar-refractivity contribution in [1.82, 2.24) is 14.8 Å². The number of aromatic nitrogens is 3. The highest BCUT2D eigenvalue weighted by Crippen LogP contribution is 2.24. The van der Waals surface area contributed by atoms with Crippen molar-refractivity contribution < 1.29 is 5.11 Å². The quantitative estimate of drug-likeness (QED) is 0.515. The van der Waals surface area contributed by atoms with Gasteiger partial charge in [0.2, 0.25) is 0 Å². The van der Waals surface area contributed by atoms with E-state index in [1.54, 1.807) is 0 Å². The van der Waals surface area contributed by atoms with E-state index in [0.29, 0.717) is 5.82 Å². The summed E-state index contributed by atoms with van der Waals surface area (Å²) in [7, 11) is 0. The minimum absolute atomic E-state index is 0.00866. The third kappa shape index (κ3) is 2.45. The highest BCUT2D eigenvalue weighted by atomic mass is 35.5. The van der Waals surface area contributed by atoms with Gasteiger partial charge in [-0.2, -0.15) is 5.26 Å². The number of rotatable bonds is 2. The highest BCUT2D eigenvalue weighted by molar-refractivity contribution is 6.46. The Morgan fingerprint density at radius 3 is 2.78 bits per heavy atom. The molecule has 7 heteroatoms. The first-order valence-corrected chi connectivity index (χ1v) is 6.56. The Morgan fingerprint density at radius 1 is 1.33 bits per heavy atom. The molecule has 0 spiro atoms. The van der Waals surface area contributed by atoms with Crippen LogP contribution >= 0.6 is 23.2 Å². The first-order chi connectivity index (χ1) is 8.65. The number of nitriles is 1. The standard InChI is InChI=1S/C11H12Cl2N4O/c12-10(13)9(18)7(6-14)11-16-15-8-4-2-1-3-5-17(8)11/h10,18H,1-5H2/b9-7-. The lowest BCUT2D eigenvalue weighted by molar-refractivity contribution is 0.412. The predicted octanol–water partition coefficient (Wildman–Crippen LogP) is 2.60. The average molecular weight is 287 g/mol. The van der Waals surface area contributed by atoms with Gasteiger partial charge in [0.15, 0.2) is 10.7 Å². The van der Waals surface area contributed by atoms with Crippen LogP contribution in [0.25, 0.3) is 5.57 Å². The van der Waals surface area contributed by atoms with E-state index in [1.807, 2.05) is 10.6 Å². The molecule has 1 aromatic rings. The summed E-state index contributed by atoms with van der Waals surface area (Å²) < 4.78 is 1.86. The molecule has 0 amide bonds. The minimum Gasteiger partial charge on any atom is -0.508 e. The van der Waals surface area contributed by atoms with Crippen molar-refractivity contribution in [2.75, 3.05) is 0 Å². The first-order valence-electron chi connectivity index (χ1n) is 5.69. The van der Waals surface area contributed by atoms with Crippen molar-refractivity contribution in [2.24, 2.45) is 0 Å². The molecule has 0 saturated carbocycles. The van der Waals surface area contributed by atoms with Crippen LogP contribution in [0.15, 0.2) is 5.76 Å². The molecule has 0 radical (unpaired) electrons. The Hall–Kier alpha value is -1.25. The molecule has 1 N–H and O–H groups in total. The number of aryl methyl sites for hydroxylation is 1. The van der Waals surface area contributed by atoms with Gasteiger partial charge in [-0.3, -0.25) is 0 Å². The van der Waals surface area contributed by atoms with Gasteiger partial charge in [-0.15, -0.1) is 10.2 Å². The van der Waals surface area contributed by atoms with Crippen molar-refractivity contribution in [3.63, 3.8) is 0 Å². The number of halogens is 2. The maximum absolute atomic E-state index is 9.74. The number of aliphatic hydroxyl groups excluding tert-OH is 1. The van der Waals surface area contributed by atoms with Crippen LogP contribution in [-0.4, -0.2) is 24.7 Å². The van der Waals surface area contributed by atoms with Gasteiger partial charge in [0, 0.05) is 13.0 Å². The van der Waals surface area contributed by atoms with Crippen molar-refractivity contribution in [3.05, 3.63) is 17.4 Å². The second-order valence-electron chi connectivity index (χ2n) is 4.07. The van der Waals surface area contributed by atoms with Crippen molar-refractivity contribution in [3.8, 4) is 6.07 Å². The molecular weight excluding hydrogens is 275 g/mol. The summed E-state index contributed by atoms with van der Waals surface area (Å²) >= 11 is 11.2. The van der Waals surface area contributed by atoms with E-state index in [4.69, 9.17) is 28.5 Å². The first kappa shape index (κ1) is 13.2. The number of nitrogens with zero attached hydrogens (tertiary/aromatic N) is 4. The number of aliphatic hydroxyl groups is 1. The third-order valence-electron chi connectivity index (χ3n) is 2.91. The van der Waals surface area contributed by atoms with E-state index in [2.05, 4.69) is 10.2 Å². The molecule has 0 atom stereocenters. The molecule has 5 nitrogen and oxygen atoms in total. The maximum Gasteiger partial charge on any atom is 0.178 e. The van der Waals surface area contributed by atoms with E-state index >= 15 is 0 Å². The molecule has 2 heterocycles. The zero-order valence-corrected chi connectivity index (χ0v) is 11.1. The Kier molecular flexibility index (Phi) is 4.10. The van der Waals surface area contributed by atoms with Gasteiger partial charge in [0.05, 0.1) is 0 Å². The summed E-state index contributed by atoms with van der Waals surface area (Å²) in [6.07, 6.45) is 4.01. The van der Waals surface area contributed by atoms with Gasteiger partial charge < -0.3 is 9.67 Å². The van der Waals surface area contributed by atoms with Crippen LogP contribution in [-0.2, 0) is 13.0 Å². The lowest BCUT2D eigenvalue weighted by Gasteiger charge is -2.08. The molecule has 2 rings (SSSR count). The van der Waals surface area contributed by atoms with E-state index in [9.17, 15) is 5.11 Å². The summed E-state index contributed by atoms with van der Waals surface area (Å²) in [5, 5.41) is 26.9. The Balaban J connectivity index is 2.48. The number of hydrogen-bond donors (Lipinski definition) is 1. The van der Waals surface area contributed by atoms with Crippen LogP contribution in [0.2, 0.25) is 0 Å². The summed E-state index contributed by atoms with van der Waals surface area (Å²) in [4.78, 5) is -1.14. The molecule has 0 aliphatic carbocycles. The lowest BCUT2D eigenvalue weighted by atomic mass is 10.2. The molecule has 1 aliphatic rings. The van der Waals surface area contributed by atoms with Gasteiger partial charge in [-0.1, -0.05) is 29.6 Å². The zero-order chi connectivity index (χ0) is 13.1. The zero-order valence-electron chi connectivity index (χ0n) is 9.60. The molecule has 0 aromatic carbocycles. The predicted molar refractivity (Wildman–Crippen MR) is 68.2 cm³/mol. The van der Waals surface area contributed by atoms with Crippen molar-refractivity contribution >= 4 is 28.8 Å². The van der Waals surface area contributed by atoms with E-state index in [0.717, 1.165) is 38.1 Å². The maximum atomic E-state index is 9.74. The molecule has 0 bridgehead atoms. The molecule has 18 heavy (non-hydrogen) atoms. The van der Waals surface area contributed by atoms with Gasteiger partial charge >= 0.3 is 0 Å². The van der Waals surface area contributed by atoms with Crippen LogP contribution in [0.5, 0.6) is 0 Å². The molecule has 1 aromatic heterocycles. The molecule has 96 valence electrons. The van der Waals surface area contributed by atoms with Crippen LogP contribution < -0.4 is 0 Å².